The van der Waals surface area contributed by atoms with E-state index >= 15 is 0 Å². The Bertz CT molecular complexity index is 876. The summed E-state index contributed by atoms with van der Waals surface area (Å²) in [6, 6.07) is 6.32. The van der Waals surface area contributed by atoms with Crippen LogP contribution in [0.1, 0.15) is 23.4 Å². The van der Waals surface area contributed by atoms with Crippen molar-refractivity contribution >= 4 is 27.3 Å². The molecular weight excluding hydrogens is 364 g/mol. The van der Waals surface area contributed by atoms with Crippen LogP contribution in [0.3, 0.4) is 0 Å². The first-order chi connectivity index (χ1) is 11.9. The molecule has 2 atom stereocenters. The van der Waals surface area contributed by atoms with Crippen molar-refractivity contribution in [2.75, 3.05) is 7.11 Å². The van der Waals surface area contributed by atoms with Gasteiger partial charge in [-0.15, -0.1) is 11.3 Å². The molecule has 0 spiro atoms. The molecule has 1 aromatic heterocycles. The van der Waals surface area contributed by atoms with Crippen LogP contribution in [0.5, 0.6) is 5.75 Å². The lowest BCUT2D eigenvalue weighted by molar-refractivity contribution is -0.134. The van der Waals surface area contributed by atoms with Crippen LogP contribution < -0.4 is 10.2 Å². The highest BCUT2D eigenvalue weighted by atomic mass is 32.2. The number of benzene rings is 1. The fraction of sp³-hybridized carbons (Fsp3) is 0.312. The largest absolute Gasteiger partial charge is 0.497 e. The summed E-state index contributed by atoms with van der Waals surface area (Å²) < 4.78 is 32.6. The molecule has 7 nitrogen and oxygen atoms in total. The third-order valence-corrected chi connectivity index (χ3v) is 7.30. The molecule has 0 saturated heterocycles. The number of nitrogens with zero attached hydrogens (tertiary/aromatic N) is 1. The summed E-state index contributed by atoms with van der Waals surface area (Å²) in [5, 5.41) is 10.9. The van der Waals surface area contributed by atoms with E-state index in [-0.39, 0.29) is 11.3 Å². The Balaban J connectivity index is 2.08. The van der Waals surface area contributed by atoms with Crippen molar-refractivity contribution in [1.29, 1.82) is 0 Å². The van der Waals surface area contributed by atoms with Gasteiger partial charge in [-0.2, -0.15) is 4.31 Å². The number of hydroxylamine groups is 1. The van der Waals surface area contributed by atoms with Crippen molar-refractivity contribution in [2.45, 2.75) is 30.3 Å². The minimum absolute atomic E-state index is 0.0644. The molecule has 134 valence electrons. The lowest BCUT2D eigenvalue weighted by Crippen LogP contribution is -2.53. The quantitative estimate of drug-likeness (QED) is 0.622. The first-order valence-corrected chi connectivity index (χ1v) is 9.90. The van der Waals surface area contributed by atoms with Gasteiger partial charge >= 0.3 is 0 Å². The molecule has 0 fully saturated rings. The third kappa shape index (κ3) is 3.04. The number of rotatable bonds is 4. The average Bonchev–Trinajstić information content (AvgIpc) is 3.09. The molecule has 3 rings (SSSR count). The fourth-order valence-electron chi connectivity index (χ4n) is 3.09. The topological polar surface area (TPSA) is 95.9 Å². The number of thiophene rings is 1. The average molecular weight is 382 g/mol. The summed E-state index contributed by atoms with van der Waals surface area (Å²) in [7, 11) is -2.45. The Labute approximate surface area is 149 Å². The van der Waals surface area contributed by atoms with E-state index in [1.54, 1.807) is 24.5 Å². The zero-order valence-corrected chi connectivity index (χ0v) is 15.3. The SMILES string of the molecule is COc1ccc(S(=O)(=O)N2C(C(=O)NO)Cc3sccc3C2C)cc1. The lowest BCUT2D eigenvalue weighted by atomic mass is 9.98. The second-order valence-corrected chi connectivity index (χ2v) is 8.53. The molecule has 1 amide bonds. The van der Waals surface area contributed by atoms with Gasteiger partial charge in [0.2, 0.25) is 10.0 Å². The van der Waals surface area contributed by atoms with Gasteiger partial charge in [-0.25, -0.2) is 13.9 Å². The molecule has 0 saturated carbocycles. The van der Waals surface area contributed by atoms with E-state index in [4.69, 9.17) is 9.94 Å². The van der Waals surface area contributed by atoms with Gasteiger partial charge in [0.25, 0.3) is 5.91 Å². The van der Waals surface area contributed by atoms with E-state index in [1.165, 1.54) is 30.6 Å². The van der Waals surface area contributed by atoms with Crippen molar-refractivity contribution in [3.63, 3.8) is 0 Å². The zero-order chi connectivity index (χ0) is 18.2. The van der Waals surface area contributed by atoms with Crippen LogP contribution in [0.4, 0.5) is 0 Å². The van der Waals surface area contributed by atoms with Crippen molar-refractivity contribution in [3.8, 4) is 5.75 Å². The Morgan fingerprint density at radius 2 is 2.00 bits per heavy atom. The molecular formula is C16H18N2O5S2. The van der Waals surface area contributed by atoms with Crippen LogP contribution in [0.15, 0.2) is 40.6 Å². The van der Waals surface area contributed by atoms with Crippen molar-refractivity contribution in [3.05, 3.63) is 46.2 Å². The summed E-state index contributed by atoms with van der Waals surface area (Å²) in [4.78, 5) is 13.2. The Kier molecular flexibility index (Phi) is 4.83. The molecule has 0 aliphatic carbocycles. The van der Waals surface area contributed by atoms with Crippen molar-refractivity contribution < 1.29 is 23.2 Å². The number of hydrogen-bond donors (Lipinski definition) is 2. The zero-order valence-electron chi connectivity index (χ0n) is 13.7. The highest BCUT2D eigenvalue weighted by molar-refractivity contribution is 7.89. The Morgan fingerprint density at radius 1 is 1.32 bits per heavy atom. The maximum Gasteiger partial charge on any atom is 0.262 e. The smallest absolute Gasteiger partial charge is 0.262 e. The van der Waals surface area contributed by atoms with Crippen LogP contribution in [0.2, 0.25) is 0 Å². The van der Waals surface area contributed by atoms with Crippen LogP contribution in [-0.4, -0.2) is 37.0 Å². The molecule has 2 N–H and O–H groups in total. The minimum atomic E-state index is -3.95. The molecule has 2 unspecified atom stereocenters. The molecule has 1 aliphatic heterocycles. The van der Waals surface area contributed by atoms with E-state index in [0.29, 0.717) is 5.75 Å². The van der Waals surface area contributed by atoms with Gasteiger partial charge in [-0.05, 0) is 48.2 Å². The second kappa shape index (κ2) is 6.75. The summed E-state index contributed by atoms with van der Waals surface area (Å²) >= 11 is 1.47. The summed E-state index contributed by atoms with van der Waals surface area (Å²) in [6.45, 7) is 1.74. The number of carbonyl (C=O) groups excluding carboxylic acids is 1. The second-order valence-electron chi connectivity index (χ2n) is 5.68. The monoisotopic (exact) mass is 382 g/mol. The number of ether oxygens (including phenoxy) is 1. The number of hydrogen-bond acceptors (Lipinski definition) is 6. The molecule has 2 heterocycles. The van der Waals surface area contributed by atoms with Gasteiger partial charge in [0.1, 0.15) is 11.8 Å². The minimum Gasteiger partial charge on any atom is -0.497 e. The lowest BCUT2D eigenvalue weighted by Gasteiger charge is -2.38. The van der Waals surface area contributed by atoms with Gasteiger partial charge in [-0.1, -0.05) is 0 Å². The molecule has 0 bridgehead atoms. The van der Waals surface area contributed by atoms with Gasteiger partial charge < -0.3 is 4.74 Å². The van der Waals surface area contributed by atoms with E-state index in [2.05, 4.69) is 0 Å². The van der Waals surface area contributed by atoms with Crippen LogP contribution in [-0.2, 0) is 21.2 Å². The van der Waals surface area contributed by atoms with Crippen LogP contribution >= 0.6 is 11.3 Å². The van der Waals surface area contributed by atoms with E-state index in [0.717, 1.165) is 14.7 Å². The van der Waals surface area contributed by atoms with Crippen molar-refractivity contribution in [1.82, 2.24) is 9.79 Å². The molecule has 25 heavy (non-hydrogen) atoms. The molecule has 1 aromatic carbocycles. The van der Waals surface area contributed by atoms with Gasteiger partial charge in [-0.3, -0.25) is 10.0 Å². The Hall–Kier alpha value is -1.94. The fourth-order valence-corrected chi connectivity index (χ4v) is 5.86. The summed E-state index contributed by atoms with van der Waals surface area (Å²) in [5.74, 6) is -0.210. The van der Waals surface area contributed by atoms with Gasteiger partial charge in [0.05, 0.1) is 12.0 Å². The third-order valence-electron chi connectivity index (χ3n) is 4.35. The highest BCUT2D eigenvalue weighted by Gasteiger charge is 2.44. The Morgan fingerprint density at radius 3 is 2.60 bits per heavy atom. The normalized spacial score (nSPS) is 20.8. The number of sulfonamides is 1. The standard InChI is InChI=1S/C16H18N2O5S2/c1-10-13-7-8-24-15(13)9-14(16(19)17-20)18(10)25(21,22)12-5-3-11(23-2)4-6-12/h3-8,10,14,20H,9H2,1-2H3,(H,17,19). The van der Waals surface area contributed by atoms with E-state index in [9.17, 15) is 13.2 Å². The number of methoxy groups -OCH3 is 1. The highest BCUT2D eigenvalue weighted by Crippen LogP contribution is 2.39. The van der Waals surface area contributed by atoms with Gasteiger partial charge in [0, 0.05) is 17.3 Å². The van der Waals surface area contributed by atoms with Gasteiger partial charge in [0.15, 0.2) is 0 Å². The predicted molar refractivity (Wildman–Crippen MR) is 92.2 cm³/mol. The van der Waals surface area contributed by atoms with Crippen molar-refractivity contribution in [2.24, 2.45) is 0 Å². The number of amides is 1. The number of fused-ring (bicyclic) bond motifs is 1. The predicted octanol–water partition coefficient (Wildman–Crippen LogP) is 1.94. The molecule has 0 radical (unpaired) electrons. The first-order valence-electron chi connectivity index (χ1n) is 7.58. The maximum absolute atomic E-state index is 13.2. The van der Waals surface area contributed by atoms with Crippen LogP contribution in [0.25, 0.3) is 0 Å². The maximum atomic E-state index is 13.2. The number of nitrogens with one attached hydrogen (secondary N) is 1. The number of carbonyl (C=O) groups is 1. The summed E-state index contributed by atoms with van der Waals surface area (Å²) in [6.07, 6.45) is 0.221. The molecule has 2 aromatic rings. The first kappa shape index (κ1) is 17.9. The van der Waals surface area contributed by atoms with E-state index < -0.39 is 28.0 Å². The summed E-state index contributed by atoms with van der Waals surface area (Å²) in [5.41, 5.74) is 2.47. The van der Waals surface area contributed by atoms with Crippen LogP contribution in [0, 0.1) is 0 Å². The molecule has 1 aliphatic rings. The molecule has 9 heteroatoms. The van der Waals surface area contributed by atoms with E-state index in [1.807, 2.05) is 11.4 Å².